The summed E-state index contributed by atoms with van der Waals surface area (Å²) in [5.41, 5.74) is -0.411. The number of amides is 1. The maximum atomic E-state index is 12.0. The van der Waals surface area contributed by atoms with Crippen molar-refractivity contribution in [2.45, 2.75) is 64.7 Å². The molecule has 1 amide bonds. The summed E-state index contributed by atoms with van der Waals surface area (Å²) in [6, 6.07) is 0.560. The summed E-state index contributed by atoms with van der Waals surface area (Å²) in [6.45, 7) is 11.3. The molecule has 2 heterocycles. The van der Waals surface area contributed by atoms with Crippen LogP contribution in [0, 0.1) is 5.92 Å². The zero-order valence-electron chi connectivity index (χ0n) is 13.9. The van der Waals surface area contributed by atoms with Gasteiger partial charge in [-0.15, -0.1) is 0 Å². The van der Waals surface area contributed by atoms with Gasteiger partial charge in [-0.05, 0) is 59.4 Å². The van der Waals surface area contributed by atoms with Gasteiger partial charge in [-0.2, -0.15) is 0 Å². The lowest BCUT2D eigenvalue weighted by Gasteiger charge is -2.29. The first-order valence-electron chi connectivity index (χ1n) is 8.16. The third-order valence-electron chi connectivity index (χ3n) is 4.12. The van der Waals surface area contributed by atoms with Crippen molar-refractivity contribution >= 4 is 6.09 Å². The first-order valence-corrected chi connectivity index (χ1v) is 8.16. The van der Waals surface area contributed by atoms with Crippen LogP contribution < -0.4 is 5.32 Å². The van der Waals surface area contributed by atoms with Crippen molar-refractivity contribution in [2.75, 3.05) is 26.2 Å². The lowest BCUT2D eigenvalue weighted by molar-refractivity contribution is 0.0127. The second-order valence-electron chi connectivity index (χ2n) is 7.39. The minimum Gasteiger partial charge on any atom is -0.444 e. The van der Waals surface area contributed by atoms with Gasteiger partial charge in [0.15, 0.2) is 0 Å². The van der Waals surface area contributed by atoms with Gasteiger partial charge in [0.05, 0.1) is 6.10 Å². The van der Waals surface area contributed by atoms with Crippen LogP contribution >= 0.6 is 0 Å². The zero-order chi connectivity index (χ0) is 15.5. The second kappa shape index (κ2) is 6.97. The average Bonchev–Trinajstić information content (AvgIpc) is 2.83. The Morgan fingerprint density at radius 3 is 2.81 bits per heavy atom. The van der Waals surface area contributed by atoms with Gasteiger partial charge < -0.3 is 19.7 Å². The molecule has 0 aromatic heterocycles. The SMILES string of the molecule is CC1CC(NCC2CCN(C(=O)OC(C)(C)C)C2)CCO1. The van der Waals surface area contributed by atoms with Gasteiger partial charge in [0, 0.05) is 25.7 Å². The van der Waals surface area contributed by atoms with Crippen LogP contribution in [-0.2, 0) is 9.47 Å². The standard InChI is InChI=1S/C16H30N2O3/c1-12-9-14(6-8-20-12)17-10-13-5-7-18(11-13)15(19)21-16(2,3)4/h12-14,17H,5-11H2,1-4H3. The first kappa shape index (κ1) is 16.6. The van der Waals surface area contributed by atoms with Gasteiger partial charge in [0.25, 0.3) is 0 Å². The molecule has 3 atom stereocenters. The second-order valence-corrected chi connectivity index (χ2v) is 7.39. The molecule has 5 nitrogen and oxygen atoms in total. The fourth-order valence-electron chi connectivity index (χ4n) is 3.01. The summed E-state index contributed by atoms with van der Waals surface area (Å²) in [4.78, 5) is 13.9. The van der Waals surface area contributed by atoms with Crippen LogP contribution in [0.5, 0.6) is 0 Å². The molecular weight excluding hydrogens is 268 g/mol. The normalized spacial score (nSPS) is 30.5. The lowest BCUT2D eigenvalue weighted by atomic mass is 10.0. The highest BCUT2D eigenvalue weighted by atomic mass is 16.6. The molecule has 3 unspecified atom stereocenters. The molecule has 2 rings (SSSR count). The first-order chi connectivity index (χ1) is 9.83. The summed E-state index contributed by atoms with van der Waals surface area (Å²) in [6.07, 6.45) is 3.42. The number of hydrogen-bond acceptors (Lipinski definition) is 4. The molecule has 0 aromatic rings. The molecule has 0 aromatic carbocycles. The van der Waals surface area contributed by atoms with Gasteiger partial charge in [0.1, 0.15) is 5.60 Å². The number of nitrogens with zero attached hydrogens (tertiary/aromatic N) is 1. The molecule has 2 saturated heterocycles. The Bertz CT molecular complexity index is 354. The Labute approximate surface area is 128 Å². The van der Waals surface area contributed by atoms with E-state index in [1.807, 2.05) is 25.7 Å². The van der Waals surface area contributed by atoms with Crippen LogP contribution in [0.2, 0.25) is 0 Å². The van der Waals surface area contributed by atoms with E-state index in [0.29, 0.717) is 18.1 Å². The van der Waals surface area contributed by atoms with Gasteiger partial charge >= 0.3 is 6.09 Å². The van der Waals surface area contributed by atoms with Crippen molar-refractivity contribution < 1.29 is 14.3 Å². The molecular formula is C16H30N2O3. The van der Waals surface area contributed by atoms with Crippen molar-refractivity contribution in [3.05, 3.63) is 0 Å². The Hall–Kier alpha value is -0.810. The van der Waals surface area contributed by atoms with Crippen molar-refractivity contribution in [1.29, 1.82) is 0 Å². The Balaban J connectivity index is 1.69. The van der Waals surface area contributed by atoms with Crippen molar-refractivity contribution in [3.63, 3.8) is 0 Å². The molecule has 0 radical (unpaired) electrons. The van der Waals surface area contributed by atoms with E-state index in [1.54, 1.807) is 0 Å². The van der Waals surface area contributed by atoms with Crippen LogP contribution in [0.3, 0.4) is 0 Å². The molecule has 0 bridgehead atoms. The number of nitrogens with one attached hydrogen (secondary N) is 1. The summed E-state index contributed by atoms with van der Waals surface area (Å²) in [5, 5.41) is 3.64. The summed E-state index contributed by atoms with van der Waals surface area (Å²) < 4.78 is 11.0. The molecule has 2 fully saturated rings. The van der Waals surface area contributed by atoms with Gasteiger partial charge in [-0.1, -0.05) is 0 Å². The summed E-state index contributed by atoms with van der Waals surface area (Å²) in [5.74, 6) is 0.538. The zero-order valence-corrected chi connectivity index (χ0v) is 13.9. The molecule has 21 heavy (non-hydrogen) atoms. The Kier molecular flexibility index (Phi) is 5.49. The molecule has 5 heteroatoms. The van der Waals surface area contributed by atoms with Crippen molar-refractivity contribution in [1.82, 2.24) is 10.2 Å². The summed E-state index contributed by atoms with van der Waals surface area (Å²) in [7, 11) is 0. The van der Waals surface area contributed by atoms with E-state index in [4.69, 9.17) is 9.47 Å². The van der Waals surface area contributed by atoms with Gasteiger partial charge in [0.2, 0.25) is 0 Å². The number of ether oxygens (including phenoxy) is 2. The highest BCUT2D eigenvalue weighted by molar-refractivity contribution is 5.68. The monoisotopic (exact) mass is 298 g/mol. The van der Waals surface area contributed by atoms with Crippen LogP contribution in [0.15, 0.2) is 0 Å². The molecule has 1 N–H and O–H groups in total. The summed E-state index contributed by atoms with van der Waals surface area (Å²) >= 11 is 0. The molecule has 2 aliphatic rings. The fraction of sp³-hybridized carbons (Fsp3) is 0.938. The molecule has 2 aliphatic heterocycles. The number of rotatable bonds is 3. The van der Waals surface area contributed by atoms with Gasteiger partial charge in [-0.3, -0.25) is 0 Å². The largest absolute Gasteiger partial charge is 0.444 e. The van der Waals surface area contributed by atoms with E-state index < -0.39 is 5.60 Å². The van der Waals surface area contributed by atoms with Gasteiger partial charge in [-0.25, -0.2) is 4.79 Å². The van der Waals surface area contributed by atoms with E-state index in [1.165, 1.54) is 0 Å². The minimum atomic E-state index is -0.411. The van der Waals surface area contributed by atoms with E-state index >= 15 is 0 Å². The predicted molar refractivity (Wildman–Crippen MR) is 82.4 cm³/mol. The highest BCUT2D eigenvalue weighted by Gasteiger charge is 2.30. The highest BCUT2D eigenvalue weighted by Crippen LogP contribution is 2.20. The Morgan fingerprint density at radius 2 is 2.14 bits per heavy atom. The number of likely N-dealkylation sites (tertiary alicyclic amines) is 1. The van der Waals surface area contributed by atoms with E-state index in [-0.39, 0.29) is 6.09 Å². The maximum absolute atomic E-state index is 12.0. The predicted octanol–water partition coefficient (Wildman–Crippen LogP) is 2.40. The topological polar surface area (TPSA) is 50.8 Å². The number of carbonyl (C=O) groups excluding carboxylic acids is 1. The number of carbonyl (C=O) groups is 1. The van der Waals surface area contributed by atoms with Crippen LogP contribution in [0.1, 0.15) is 47.0 Å². The third-order valence-corrected chi connectivity index (χ3v) is 4.12. The van der Waals surface area contributed by atoms with Crippen LogP contribution in [0.4, 0.5) is 4.79 Å². The van der Waals surface area contributed by atoms with E-state index in [2.05, 4.69) is 12.2 Å². The fourth-order valence-corrected chi connectivity index (χ4v) is 3.01. The van der Waals surface area contributed by atoms with Crippen molar-refractivity contribution in [3.8, 4) is 0 Å². The van der Waals surface area contributed by atoms with Crippen LogP contribution in [0.25, 0.3) is 0 Å². The lowest BCUT2D eigenvalue weighted by Crippen LogP contribution is -2.41. The maximum Gasteiger partial charge on any atom is 0.410 e. The molecule has 0 spiro atoms. The number of hydrogen-bond donors (Lipinski definition) is 1. The molecule has 0 saturated carbocycles. The van der Waals surface area contributed by atoms with E-state index in [9.17, 15) is 4.79 Å². The Morgan fingerprint density at radius 1 is 1.38 bits per heavy atom. The van der Waals surface area contributed by atoms with Crippen LogP contribution in [-0.4, -0.2) is 55.0 Å². The van der Waals surface area contributed by atoms with E-state index in [0.717, 1.165) is 45.5 Å². The molecule has 0 aliphatic carbocycles. The molecule has 122 valence electrons. The third kappa shape index (κ3) is 5.47. The van der Waals surface area contributed by atoms with Crippen molar-refractivity contribution in [2.24, 2.45) is 5.92 Å². The quantitative estimate of drug-likeness (QED) is 0.869. The average molecular weight is 298 g/mol. The minimum absolute atomic E-state index is 0.176. The smallest absolute Gasteiger partial charge is 0.410 e.